The number of nitrogens with zero attached hydrogens (tertiary/aromatic N) is 2. The van der Waals surface area contributed by atoms with Crippen molar-refractivity contribution in [2.45, 2.75) is 26.8 Å². The first-order valence-corrected chi connectivity index (χ1v) is 10.7. The van der Waals surface area contributed by atoms with Gasteiger partial charge in [-0.1, -0.05) is 60.0 Å². The van der Waals surface area contributed by atoms with E-state index in [9.17, 15) is 14.4 Å². The van der Waals surface area contributed by atoms with Crippen molar-refractivity contribution in [3.05, 3.63) is 90.9 Å². The van der Waals surface area contributed by atoms with Crippen LogP contribution < -0.4 is 10.9 Å². The van der Waals surface area contributed by atoms with Crippen LogP contribution in [0.2, 0.25) is 10.0 Å². The van der Waals surface area contributed by atoms with Crippen LogP contribution >= 0.6 is 23.2 Å². The number of hydrogen-bond acceptors (Lipinski definition) is 3. The van der Waals surface area contributed by atoms with E-state index < -0.39 is 11.9 Å². The number of aromatic nitrogens is 2. The molecule has 0 aliphatic carbocycles. The Morgan fingerprint density at radius 1 is 1.03 bits per heavy atom. The summed E-state index contributed by atoms with van der Waals surface area (Å²) in [6.45, 7) is 3.97. The van der Waals surface area contributed by atoms with Gasteiger partial charge >= 0.3 is 6.03 Å². The highest BCUT2D eigenvalue weighted by Gasteiger charge is 2.34. The Labute approximate surface area is 194 Å². The molecule has 1 aromatic heterocycles. The first-order chi connectivity index (χ1) is 15.3. The second kappa shape index (κ2) is 8.68. The third kappa shape index (κ3) is 4.09. The molecule has 1 aliphatic heterocycles. The molecular formula is C23H20Cl2N4O3. The number of imide groups is 1. The molecule has 0 atom stereocenters. The Morgan fingerprint density at radius 3 is 2.50 bits per heavy atom. The highest BCUT2D eigenvalue weighted by Crippen LogP contribution is 2.24. The van der Waals surface area contributed by atoms with E-state index in [1.54, 1.807) is 18.2 Å². The fourth-order valence-corrected chi connectivity index (χ4v) is 3.86. The predicted octanol–water partition coefficient (Wildman–Crippen LogP) is 4.44. The summed E-state index contributed by atoms with van der Waals surface area (Å²) in [5.41, 5.74) is 2.97. The zero-order chi connectivity index (χ0) is 23.0. The summed E-state index contributed by atoms with van der Waals surface area (Å²) in [4.78, 5) is 39.6. The van der Waals surface area contributed by atoms with Crippen molar-refractivity contribution in [1.29, 1.82) is 0 Å². The molecule has 4 rings (SSSR count). The van der Waals surface area contributed by atoms with Gasteiger partial charge in [0.2, 0.25) is 0 Å². The van der Waals surface area contributed by atoms with Crippen molar-refractivity contribution in [2.24, 2.45) is 0 Å². The lowest BCUT2D eigenvalue weighted by atomic mass is 10.1. The molecule has 0 unspecified atom stereocenters. The summed E-state index contributed by atoms with van der Waals surface area (Å²) >= 11 is 12.1. The molecule has 0 radical (unpaired) electrons. The largest absolute Gasteiger partial charge is 0.329 e. The van der Waals surface area contributed by atoms with Crippen molar-refractivity contribution in [2.75, 3.05) is 0 Å². The zero-order valence-electron chi connectivity index (χ0n) is 17.4. The summed E-state index contributed by atoms with van der Waals surface area (Å²) in [6, 6.07) is 11.9. The maximum Gasteiger partial charge on any atom is 0.329 e. The molecule has 2 heterocycles. The second-order valence-corrected chi connectivity index (χ2v) is 8.28. The second-order valence-electron chi connectivity index (χ2n) is 7.47. The van der Waals surface area contributed by atoms with Crippen LogP contribution in [0.5, 0.6) is 0 Å². The fourth-order valence-electron chi connectivity index (χ4n) is 3.57. The summed E-state index contributed by atoms with van der Waals surface area (Å²) in [7, 11) is 0. The van der Waals surface area contributed by atoms with Crippen LogP contribution in [-0.2, 0) is 17.8 Å². The Hall–Kier alpha value is -3.29. The van der Waals surface area contributed by atoms with E-state index in [1.165, 1.54) is 10.8 Å². The Morgan fingerprint density at radius 2 is 1.81 bits per heavy atom. The van der Waals surface area contributed by atoms with Crippen LogP contribution in [0.1, 0.15) is 29.3 Å². The van der Waals surface area contributed by atoms with Gasteiger partial charge in [0.1, 0.15) is 5.70 Å². The van der Waals surface area contributed by atoms with Gasteiger partial charge in [-0.15, -0.1) is 0 Å². The lowest BCUT2D eigenvalue weighted by Crippen LogP contribution is -2.30. The van der Waals surface area contributed by atoms with Gasteiger partial charge in [-0.05, 0) is 43.2 Å². The minimum Gasteiger partial charge on any atom is -0.303 e. The lowest BCUT2D eigenvalue weighted by Gasteiger charge is -2.12. The van der Waals surface area contributed by atoms with Crippen LogP contribution in [-0.4, -0.2) is 26.6 Å². The SMILES string of the molecule is CCc1[nH]n(-c2ccc(Cl)c(Cl)c2)c(=O)c1/C=C1\NC(=O)N(Cc2cccc(C)c2)C1=O. The molecule has 1 fully saturated rings. The minimum absolute atomic E-state index is 0.0507. The average Bonchev–Trinajstić information content (AvgIpc) is 3.21. The van der Waals surface area contributed by atoms with Crippen LogP contribution in [0.4, 0.5) is 4.79 Å². The Kier molecular flexibility index (Phi) is 5.95. The summed E-state index contributed by atoms with van der Waals surface area (Å²) in [5.74, 6) is -0.486. The number of benzene rings is 2. The van der Waals surface area contributed by atoms with Gasteiger partial charge in [0.25, 0.3) is 11.5 Å². The first-order valence-electron chi connectivity index (χ1n) is 9.98. The van der Waals surface area contributed by atoms with Crippen molar-refractivity contribution >= 4 is 41.2 Å². The Bertz CT molecular complexity index is 1320. The molecular weight excluding hydrogens is 451 g/mol. The number of H-pyrrole nitrogens is 1. The van der Waals surface area contributed by atoms with Crippen LogP contribution in [0, 0.1) is 6.92 Å². The van der Waals surface area contributed by atoms with Gasteiger partial charge in [-0.3, -0.25) is 19.6 Å². The van der Waals surface area contributed by atoms with Gasteiger partial charge in [0.05, 0.1) is 27.8 Å². The fraction of sp³-hybridized carbons (Fsp3) is 0.174. The highest BCUT2D eigenvalue weighted by atomic mass is 35.5. The number of carbonyl (C=O) groups is 2. The van der Waals surface area contributed by atoms with Crippen molar-refractivity contribution < 1.29 is 9.59 Å². The molecule has 1 saturated heterocycles. The minimum atomic E-state index is -0.527. The topological polar surface area (TPSA) is 87.2 Å². The molecule has 3 amide bonds. The van der Waals surface area contributed by atoms with E-state index in [0.29, 0.717) is 33.4 Å². The maximum absolute atomic E-state index is 13.1. The molecule has 2 N–H and O–H groups in total. The average molecular weight is 471 g/mol. The summed E-state index contributed by atoms with van der Waals surface area (Å²) < 4.78 is 1.33. The highest BCUT2D eigenvalue weighted by molar-refractivity contribution is 6.42. The molecule has 32 heavy (non-hydrogen) atoms. The standard InChI is InChI=1S/C23H20Cl2N4O3/c1-3-19-16(21(30)29(27-19)15-7-8-17(24)18(25)10-15)11-20-22(31)28(23(32)26-20)12-14-6-4-5-13(2)9-14/h4-11,27H,3,12H2,1-2H3,(H,26,32)/b20-11-. The van der Waals surface area contributed by atoms with Crippen molar-refractivity contribution in [1.82, 2.24) is 20.0 Å². The molecule has 1 aliphatic rings. The van der Waals surface area contributed by atoms with Crippen molar-refractivity contribution in [3.8, 4) is 5.69 Å². The van der Waals surface area contributed by atoms with Crippen LogP contribution in [0.3, 0.4) is 0 Å². The Balaban J connectivity index is 1.68. The van der Waals surface area contributed by atoms with E-state index in [-0.39, 0.29) is 17.8 Å². The zero-order valence-corrected chi connectivity index (χ0v) is 18.9. The van der Waals surface area contributed by atoms with E-state index in [1.807, 2.05) is 38.1 Å². The predicted molar refractivity (Wildman–Crippen MR) is 124 cm³/mol. The van der Waals surface area contributed by atoms with Crippen LogP contribution in [0.25, 0.3) is 11.8 Å². The molecule has 164 valence electrons. The normalized spacial score (nSPS) is 15.0. The first kappa shape index (κ1) is 21.9. The number of rotatable bonds is 5. The number of nitrogens with one attached hydrogen (secondary N) is 2. The van der Waals surface area contributed by atoms with E-state index >= 15 is 0 Å². The smallest absolute Gasteiger partial charge is 0.303 e. The molecule has 0 spiro atoms. The number of halogens is 2. The maximum atomic E-state index is 13.1. The monoisotopic (exact) mass is 470 g/mol. The van der Waals surface area contributed by atoms with E-state index in [2.05, 4.69) is 10.4 Å². The lowest BCUT2D eigenvalue weighted by molar-refractivity contribution is -0.123. The number of amides is 3. The number of aromatic amines is 1. The number of carbonyl (C=O) groups excluding carboxylic acids is 2. The van der Waals surface area contributed by atoms with Gasteiger partial charge in [0, 0.05) is 5.69 Å². The van der Waals surface area contributed by atoms with Gasteiger partial charge in [-0.25, -0.2) is 9.48 Å². The molecule has 2 aromatic carbocycles. The third-order valence-corrected chi connectivity index (χ3v) is 5.93. The number of urea groups is 1. The quantitative estimate of drug-likeness (QED) is 0.426. The number of hydrogen-bond donors (Lipinski definition) is 2. The molecule has 7 nitrogen and oxygen atoms in total. The molecule has 3 aromatic rings. The molecule has 0 saturated carbocycles. The van der Waals surface area contributed by atoms with E-state index in [4.69, 9.17) is 23.2 Å². The summed E-state index contributed by atoms with van der Waals surface area (Å²) in [6.07, 6.45) is 1.93. The third-order valence-electron chi connectivity index (χ3n) is 5.19. The van der Waals surface area contributed by atoms with Crippen molar-refractivity contribution in [3.63, 3.8) is 0 Å². The van der Waals surface area contributed by atoms with Crippen LogP contribution in [0.15, 0.2) is 53.0 Å². The van der Waals surface area contributed by atoms with Gasteiger partial charge in [-0.2, -0.15) is 0 Å². The molecule has 9 heteroatoms. The van der Waals surface area contributed by atoms with E-state index in [0.717, 1.165) is 16.0 Å². The molecule has 0 bridgehead atoms. The summed E-state index contributed by atoms with van der Waals surface area (Å²) in [5, 5.41) is 6.31. The van der Waals surface area contributed by atoms with Gasteiger partial charge in [0.15, 0.2) is 0 Å². The number of aryl methyl sites for hydroxylation is 2. The van der Waals surface area contributed by atoms with Gasteiger partial charge < -0.3 is 5.32 Å².